The van der Waals surface area contributed by atoms with E-state index in [4.69, 9.17) is 34.3 Å². The molecule has 0 N–H and O–H groups in total. The number of rotatable bonds is 9. The molecular weight excluding hydrogens is 1720 g/mol. The maximum absolute atomic E-state index is 6.41. The van der Waals surface area contributed by atoms with Crippen molar-refractivity contribution in [1.82, 2.24) is 43.6 Å². The van der Waals surface area contributed by atoms with E-state index in [2.05, 4.69) is 464 Å². The van der Waals surface area contributed by atoms with E-state index in [1.165, 1.54) is 129 Å². The van der Waals surface area contributed by atoms with Gasteiger partial charge in [-0.2, -0.15) is 0 Å². The van der Waals surface area contributed by atoms with Gasteiger partial charge in [0, 0.05) is 107 Å². The van der Waals surface area contributed by atoms with Gasteiger partial charge in [0.15, 0.2) is 0 Å². The van der Waals surface area contributed by atoms with E-state index < -0.39 is 0 Å². The van der Waals surface area contributed by atoms with Crippen LogP contribution in [-0.2, 0) is 5.41 Å². The van der Waals surface area contributed by atoms with Gasteiger partial charge in [0.25, 0.3) is 0 Å². The molecule has 0 radical (unpaired) electrons. The Bertz CT molecular complexity index is 9850. The zero-order valence-corrected chi connectivity index (χ0v) is 77.0. The summed E-state index contributed by atoms with van der Waals surface area (Å²) >= 11 is 1.86. The van der Waals surface area contributed by atoms with E-state index in [1.807, 2.05) is 29.5 Å². The molecule has 1 aliphatic rings. The average molecular weight is 1810 g/mol. The predicted molar refractivity (Wildman–Crippen MR) is 584 cm³/mol. The van der Waals surface area contributed by atoms with E-state index in [0.29, 0.717) is 17.8 Å². The molecule has 140 heavy (non-hydrogen) atoms. The smallest absolute Gasteiger partial charge is 0.235 e. The molecular formula is C129H81N9OS. The Hall–Kier alpha value is -18.2. The first-order valence-electron chi connectivity index (χ1n) is 47.6. The van der Waals surface area contributed by atoms with E-state index >= 15 is 0 Å². The molecule has 0 atom stereocenters. The lowest BCUT2D eigenvalue weighted by Crippen LogP contribution is -2.14. The van der Waals surface area contributed by atoms with Gasteiger partial charge in [-0.25, -0.2) is 29.9 Å². The van der Waals surface area contributed by atoms with E-state index in [9.17, 15) is 0 Å². The first kappa shape index (κ1) is 80.3. The van der Waals surface area contributed by atoms with Crippen LogP contribution in [0, 0.1) is 0 Å². The van der Waals surface area contributed by atoms with Crippen LogP contribution in [0.4, 0.5) is 0 Å². The SMILES string of the molecule is CC1(C)c2ccccc2-c2ccc(-c3ccc(-c4nc(-n5c6ccccc6c6c7ccccc7ccc65)nc5ccccc45)cc3)cc21.c1cc(-c2nc(-n3c4ccccc4c4c5ccccc5ccc43)nc3ccccc23)cc(-c2cccc3c2oc2ccccc23)c1.c1cc(-c2nc(-n3c4ccccc4c4c5ccccc5ccc43)nc3ccccc23)cc(-c2cccc3c2sc2ccccc23)c1. The topological polar surface area (TPSA) is 105 Å². The molecule has 654 valence electrons. The fourth-order valence-electron chi connectivity index (χ4n) is 22.3. The molecule has 8 aromatic heterocycles. The zero-order valence-electron chi connectivity index (χ0n) is 76.1. The summed E-state index contributed by atoms with van der Waals surface area (Å²) in [5.74, 6) is 2.00. The number of fused-ring (bicyclic) bond motifs is 27. The lowest BCUT2D eigenvalue weighted by molar-refractivity contribution is 0.660. The van der Waals surface area contributed by atoms with Crippen molar-refractivity contribution >= 4 is 184 Å². The van der Waals surface area contributed by atoms with E-state index in [-0.39, 0.29) is 5.41 Å². The summed E-state index contributed by atoms with van der Waals surface area (Å²) in [6.45, 7) is 4.67. The molecule has 10 nitrogen and oxygen atoms in total. The highest BCUT2D eigenvalue weighted by Crippen LogP contribution is 2.52. The van der Waals surface area contributed by atoms with Crippen LogP contribution >= 0.6 is 11.3 Å². The molecule has 0 unspecified atom stereocenters. The van der Waals surface area contributed by atoms with Crippen LogP contribution in [-0.4, -0.2) is 43.6 Å². The first-order valence-corrected chi connectivity index (χ1v) is 48.4. The molecule has 1 aliphatic carbocycles. The van der Waals surface area contributed by atoms with Gasteiger partial charge in [-0.05, 0) is 167 Å². The summed E-state index contributed by atoms with van der Waals surface area (Å²) in [7, 11) is 0. The Labute approximate surface area is 807 Å². The Morgan fingerprint density at radius 3 is 1.11 bits per heavy atom. The number of aromatic nitrogens is 9. The Kier molecular flexibility index (Phi) is 18.4. The first-order chi connectivity index (χ1) is 69.2. The van der Waals surface area contributed by atoms with Gasteiger partial charge >= 0.3 is 0 Å². The molecule has 0 fully saturated rings. The third-order valence-corrected chi connectivity index (χ3v) is 30.1. The van der Waals surface area contributed by atoms with Crippen LogP contribution < -0.4 is 0 Å². The lowest BCUT2D eigenvalue weighted by Gasteiger charge is -2.22. The van der Waals surface area contributed by atoms with Gasteiger partial charge in [-0.3, -0.25) is 13.7 Å². The minimum Gasteiger partial charge on any atom is -0.455 e. The Morgan fingerprint density at radius 1 is 0.221 bits per heavy atom. The van der Waals surface area contributed by atoms with Gasteiger partial charge < -0.3 is 4.42 Å². The minimum absolute atomic E-state index is 0.0305. The van der Waals surface area contributed by atoms with Gasteiger partial charge in [-0.15, -0.1) is 11.3 Å². The lowest BCUT2D eigenvalue weighted by atomic mass is 9.81. The van der Waals surface area contributed by atoms with E-state index in [0.717, 1.165) is 133 Å². The summed E-state index contributed by atoms with van der Waals surface area (Å²) in [6, 6.07) is 162. The van der Waals surface area contributed by atoms with Gasteiger partial charge in [0.1, 0.15) is 11.2 Å². The van der Waals surface area contributed by atoms with Crippen molar-refractivity contribution in [2.75, 3.05) is 0 Å². The molecule has 0 aliphatic heterocycles. The van der Waals surface area contributed by atoms with Crippen LogP contribution in [0.25, 0.3) is 269 Å². The molecule has 0 spiro atoms. The van der Waals surface area contributed by atoms with Crippen LogP contribution in [0.3, 0.4) is 0 Å². The molecule has 11 heteroatoms. The number of benzene rings is 21. The van der Waals surface area contributed by atoms with Crippen molar-refractivity contribution in [3.8, 4) is 96.1 Å². The van der Waals surface area contributed by atoms with Crippen molar-refractivity contribution in [2.45, 2.75) is 19.3 Å². The van der Waals surface area contributed by atoms with Crippen molar-refractivity contribution < 1.29 is 4.42 Å². The average Bonchev–Trinajstić information content (AvgIpc) is 1.57. The molecule has 30 rings (SSSR count). The largest absolute Gasteiger partial charge is 0.455 e. The van der Waals surface area contributed by atoms with Crippen LogP contribution in [0.15, 0.2) is 459 Å². The maximum Gasteiger partial charge on any atom is 0.235 e. The van der Waals surface area contributed by atoms with Crippen molar-refractivity contribution in [1.29, 1.82) is 0 Å². The summed E-state index contributed by atoms with van der Waals surface area (Å²) < 4.78 is 15.7. The Balaban J connectivity index is 0.000000103. The number of thiophene rings is 1. The fraction of sp³-hybridized carbons (Fsp3) is 0.0233. The maximum atomic E-state index is 6.41. The van der Waals surface area contributed by atoms with E-state index in [1.54, 1.807) is 0 Å². The summed E-state index contributed by atoms with van der Waals surface area (Å²) in [5, 5.41) is 22.6. The molecule has 8 heterocycles. The van der Waals surface area contributed by atoms with Crippen molar-refractivity contribution in [3.05, 3.63) is 466 Å². The highest BCUT2D eigenvalue weighted by atomic mass is 32.1. The number of para-hydroxylation sites is 8. The zero-order chi connectivity index (χ0) is 92.4. The highest BCUT2D eigenvalue weighted by molar-refractivity contribution is 7.26. The molecule has 21 aromatic carbocycles. The molecule has 29 aromatic rings. The standard InChI is InChI=1S/C45H31N3.C42H25N3O.C42H25N3S/c1-45(2)37-16-8-5-13-33(37)34-25-23-31(27-38(34)45)28-19-21-30(22-20-28)43-35-14-6-9-17-39(35)46-44(47-43)48-40-18-10-7-15-36(40)42-32-12-4-3-11-29(32)24-26-41(42)48;2*1-2-14-29-26(11-1)23-24-37-39(29)34-17-4-7-21-36(34)45(37)42-43-35-20-6-3-16-33(35)40(44-42)28-13-9-12-27(25-28)30-18-10-19-32-31-15-5-8-22-38(31)46-41(30)32/h3-27H,1-2H3;2*1-25H. The second-order valence-corrected chi connectivity index (χ2v) is 38.1. The minimum atomic E-state index is -0.0305. The normalized spacial score (nSPS) is 12.4. The highest BCUT2D eigenvalue weighted by Gasteiger charge is 2.36. The predicted octanol–water partition coefficient (Wildman–Crippen LogP) is 34.2. The van der Waals surface area contributed by atoms with Gasteiger partial charge in [0.2, 0.25) is 17.8 Å². The fourth-order valence-corrected chi connectivity index (χ4v) is 23.6. The quantitative estimate of drug-likeness (QED) is 0.142. The van der Waals surface area contributed by atoms with Gasteiger partial charge in [0.05, 0.1) is 66.7 Å². The monoisotopic (exact) mass is 1800 g/mol. The second-order valence-electron chi connectivity index (χ2n) is 37.0. The number of hydrogen-bond donors (Lipinski definition) is 0. The number of furan rings is 1. The third kappa shape index (κ3) is 12.8. The summed E-state index contributed by atoms with van der Waals surface area (Å²) in [4.78, 5) is 31.6. The molecule has 0 bridgehead atoms. The van der Waals surface area contributed by atoms with Gasteiger partial charge in [-0.1, -0.05) is 384 Å². The molecule has 0 amide bonds. The van der Waals surface area contributed by atoms with Crippen LogP contribution in [0.1, 0.15) is 25.0 Å². The van der Waals surface area contributed by atoms with Crippen LogP contribution in [0.5, 0.6) is 0 Å². The molecule has 0 saturated carbocycles. The summed E-state index contributed by atoms with van der Waals surface area (Å²) in [6.07, 6.45) is 0. The number of nitrogens with zero attached hydrogens (tertiary/aromatic N) is 9. The Morgan fingerprint density at radius 2 is 0.586 bits per heavy atom. The van der Waals surface area contributed by atoms with Crippen molar-refractivity contribution in [2.24, 2.45) is 0 Å². The third-order valence-electron chi connectivity index (χ3n) is 28.8. The molecule has 0 saturated heterocycles. The second kappa shape index (κ2) is 32.0. The van der Waals surface area contributed by atoms with Crippen LogP contribution in [0.2, 0.25) is 0 Å². The summed E-state index contributed by atoms with van der Waals surface area (Å²) in [5.41, 5.74) is 29.5. The van der Waals surface area contributed by atoms with Crippen molar-refractivity contribution in [3.63, 3.8) is 0 Å². The number of hydrogen-bond acceptors (Lipinski definition) is 8.